The summed E-state index contributed by atoms with van der Waals surface area (Å²) in [6, 6.07) is 0. The highest BCUT2D eigenvalue weighted by Crippen LogP contribution is 2.03. The zero-order chi connectivity index (χ0) is 20.3. The van der Waals surface area contributed by atoms with Gasteiger partial charge in [-0.3, -0.25) is 4.79 Å². The molecule has 0 bridgehead atoms. The van der Waals surface area contributed by atoms with Gasteiger partial charge in [-0.15, -0.1) is 0 Å². The average molecular weight is 376 g/mol. The maximum Gasteiger partial charge on any atom is 0.303 e. The van der Waals surface area contributed by atoms with E-state index in [9.17, 15) is 20.1 Å². The second kappa shape index (κ2) is 17.2. The molecule has 150 valence electrons. The summed E-state index contributed by atoms with van der Waals surface area (Å²) in [5.41, 5.74) is 0. The van der Waals surface area contributed by atoms with Crippen LogP contribution in [0.5, 0.6) is 0 Å². The summed E-state index contributed by atoms with van der Waals surface area (Å²) in [4.78, 5) is 10.4. The number of aliphatic carboxylic acids is 1. The van der Waals surface area contributed by atoms with E-state index in [1.165, 1.54) is 6.08 Å². The topological polar surface area (TPSA) is 98.0 Å². The van der Waals surface area contributed by atoms with Crippen molar-refractivity contribution in [3.05, 3.63) is 72.9 Å². The summed E-state index contributed by atoms with van der Waals surface area (Å²) in [5, 5.41) is 37.7. The first-order valence-electron chi connectivity index (χ1n) is 9.21. The molecule has 0 aromatic rings. The van der Waals surface area contributed by atoms with Crippen LogP contribution >= 0.6 is 0 Å². The molecule has 0 unspecified atom stereocenters. The standard InChI is InChI=1S/C22H32O5/c1-2-3-9-14-19(23)15-10-6-4-5-7-11-16-20(24)21(25)17-12-8-13-18-22(26)27/h3-12,15-16,19-21,23-25H,2,13-14,17-18H2,1H3,(H,26,27)/b6-4+,7-5+,9-3+,12-8+,15-10+,16-11?/t19-,20+,21-/m0/s1. The molecule has 0 aliphatic rings. The quantitative estimate of drug-likeness (QED) is 0.275. The molecule has 5 nitrogen and oxygen atoms in total. The molecule has 0 aliphatic carbocycles. The Morgan fingerprint density at radius 3 is 2.04 bits per heavy atom. The molecular formula is C22H32O5. The zero-order valence-electron chi connectivity index (χ0n) is 15.9. The van der Waals surface area contributed by atoms with Crippen molar-refractivity contribution in [3.63, 3.8) is 0 Å². The van der Waals surface area contributed by atoms with Gasteiger partial charge >= 0.3 is 5.97 Å². The Morgan fingerprint density at radius 2 is 1.41 bits per heavy atom. The highest BCUT2D eigenvalue weighted by molar-refractivity contribution is 5.66. The molecule has 0 amide bonds. The van der Waals surface area contributed by atoms with Gasteiger partial charge in [0.2, 0.25) is 0 Å². The van der Waals surface area contributed by atoms with Crippen molar-refractivity contribution in [3.8, 4) is 0 Å². The highest BCUT2D eigenvalue weighted by atomic mass is 16.4. The van der Waals surface area contributed by atoms with Gasteiger partial charge in [-0.2, -0.15) is 0 Å². The van der Waals surface area contributed by atoms with E-state index in [-0.39, 0.29) is 12.8 Å². The van der Waals surface area contributed by atoms with Gasteiger partial charge in [0.1, 0.15) is 0 Å². The molecule has 0 saturated heterocycles. The van der Waals surface area contributed by atoms with Crippen molar-refractivity contribution < 1.29 is 25.2 Å². The second-order valence-corrected chi connectivity index (χ2v) is 5.92. The SMILES string of the molecule is CC/C=C/C[C@H](O)/C=C/C=C/C=C/C=C[C@@H](O)[C@@H](O)C/C=C/CCC(=O)O. The van der Waals surface area contributed by atoms with Crippen LogP contribution in [0.3, 0.4) is 0 Å². The molecule has 0 radical (unpaired) electrons. The third-order valence-electron chi connectivity index (χ3n) is 3.44. The lowest BCUT2D eigenvalue weighted by molar-refractivity contribution is -0.136. The normalized spacial score (nSPS) is 16.6. The van der Waals surface area contributed by atoms with E-state index in [1.54, 1.807) is 54.7 Å². The Hall–Kier alpha value is -2.21. The fourth-order valence-electron chi connectivity index (χ4n) is 1.94. The molecule has 27 heavy (non-hydrogen) atoms. The fourth-order valence-corrected chi connectivity index (χ4v) is 1.94. The molecule has 0 aromatic carbocycles. The lowest BCUT2D eigenvalue weighted by atomic mass is 10.1. The average Bonchev–Trinajstić information content (AvgIpc) is 2.63. The Balaban J connectivity index is 4.06. The van der Waals surface area contributed by atoms with Crippen LogP contribution < -0.4 is 0 Å². The van der Waals surface area contributed by atoms with Crippen molar-refractivity contribution in [2.75, 3.05) is 0 Å². The number of aliphatic hydroxyl groups excluding tert-OH is 3. The summed E-state index contributed by atoms with van der Waals surface area (Å²) in [6.45, 7) is 2.05. The number of carbonyl (C=O) groups is 1. The number of hydrogen-bond donors (Lipinski definition) is 4. The maximum atomic E-state index is 10.4. The van der Waals surface area contributed by atoms with E-state index in [0.717, 1.165) is 6.42 Å². The Labute approximate surface area is 162 Å². The van der Waals surface area contributed by atoms with E-state index < -0.39 is 24.3 Å². The lowest BCUT2D eigenvalue weighted by Gasteiger charge is -2.11. The lowest BCUT2D eigenvalue weighted by Crippen LogP contribution is -2.22. The summed E-state index contributed by atoms with van der Waals surface area (Å²) in [5.74, 6) is -0.861. The number of aliphatic hydroxyl groups is 3. The molecule has 0 heterocycles. The molecule has 3 atom stereocenters. The van der Waals surface area contributed by atoms with E-state index in [1.807, 2.05) is 19.1 Å². The third-order valence-corrected chi connectivity index (χ3v) is 3.44. The number of rotatable bonds is 14. The van der Waals surface area contributed by atoms with Crippen LogP contribution in [0.4, 0.5) is 0 Å². The number of allylic oxidation sites excluding steroid dienone is 8. The molecule has 0 aliphatic heterocycles. The minimum Gasteiger partial charge on any atom is -0.481 e. The first kappa shape index (κ1) is 24.8. The smallest absolute Gasteiger partial charge is 0.303 e. The van der Waals surface area contributed by atoms with Gasteiger partial charge < -0.3 is 20.4 Å². The molecule has 0 rings (SSSR count). The van der Waals surface area contributed by atoms with E-state index in [0.29, 0.717) is 12.8 Å². The van der Waals surface area contributed by atoms with Gasteiger partial charge in [0.15, 0.2) is 0 Å². The van der Waals surface area contributed by atoms with Gasteiger partial charge in [0.25, 0.3) is 0 Å². The van der Waals surface area contributed by atoms with E-state index >= 15 is 0 Å². The third kappa shape index (κ3) is 17.0. The fraction of sp³-hybridized carbons (Fsp3) is 0.409. The van der Waals surface area contributed by atoms with Crippen molar-refractivity contribution in [1.29, 1.82) is 0 Å². The minimum atomic E-state index is -0.992. The summed E-state index contributed by atoms with van der Waals surface area (Å²) < 4.78 is 0. The number of carboxylic acids is 1. The Morgan fingerprint density at radius 1 is 0.815 bits per heavy atom. The monoisotopic (exact) mass is 376 g/mol. The zero-order valence-corrected chi connectivity index (χ0v) is 15.9. The highest BCUT2D eigenvalue weighted by Gasteiger charge is 2.10. The van der Waals surface area contributed by atoms with Crippen molar-refractivity contribution in [1.82, 2.24) is 0 Å². The first-order valence-corrected chi connectivity index (χ1v) is 9.21. The minimum absolute atomic E-state index is 0.0530. The van der Waals surface area contributed by atoms with Gasteiger partial charge in [-0.1, -0.05) is 79.8 Å². The van der Waals surface area contributed by atoms with Gasteiger partial charge in [0, 0.05) is 6.42 Å². The predicted octanol–water partition coefficient (Wildman–Crippen LogP) is 3.46. The number of carboxylic acid groups (broad SMARTS) is 1. The van der Waals surface area contributed by atoms with Crippen LogP contribution in [-0.2, 0) is 4.79 Å². The van der Waals surface area contributed by atoms with Crippen molar-refractivity contribution in [2.24, 2.45) is 0 Å². The first-order chi connectivity index (χ1) is 13.0. The van der Waals surface area contributed by atoms with Crippen molar-refractivity contribution >= 4 is 5.97 Å². The van der Waals surface area contributed by atoms with Crippen LogP contribution in [0.2, 0.25) is 0 Å². The van der Waals surface area contributed by atoms with Gasteiger partial charge in [-0.05, 0) is 25.7 Å². The molecule has 5 heteroatoms. The van der Waals surface area contributed by atoms with Crippen LogP contribution in [0.15, 0.2) is 72.9 Å². The van der Waals surface area contributed by atoms with Crippen molar-refractivity contribution in [2.45, 2.75) is 57.3 Å². The molecule has 0 aromatic heterocycles. The van der Waals surface area contributed by atoms with E-state index in [2.05, 4.69) is 0 Å². The molecular weight excluding hydrogens is 344 g/mol. The summed E-state index contributed by atoms with van der Waals surface area (Å²) in [6.07, 6.45) is 20.9. The molecule has 0 saturated carbocycles. The van der Waals surface area contributed by atoms with Crippen LogP contribution in [0, 0.1) is 0 Å². The molecule has 0 fully saturated rings. The number of hydrogen-bond acceptors (Lipinski definition) is 4. The summed E-state index contributed by atoms with van der Waals surface area (Å²) in [7, 11) is 0. The van der Waals surface area contributed by atoms with Crippen LogP contribution in [0.25, 0.3) is 0 Å². The van der Waals surface area contributed by atoms with E-state index in [4.69, 9.17) is 5.11 Å². The largest absolute Gasteiger partial charge is 0.481 e. The summed E-state index contributed by atoms with van der Waals surface area (Å²) >= 11 is 0. The van der Waals surface area contributed by atoms with Gasteiger partial charge in [-0.25, -0.2) is 0 Å². The molecule has 0 spiro atoms. The van der Waals surface area contributed by atoms with Crippen LogP contribution in [0.1, 0.15) is 39.0 Å². The second-order valence-electron chi connectivity index (χ2n) is 5.92. The Kier molecular flexibility index (Phi) is 15.8. The molecule has 4 N–H and O–H groups in total. The predicted molar refractivity (Wildman–Crippen MR) is 109 cm³/mol. The maximum absolute atomic E-state index is 10.4. The van der Waals surface area contributed by atoms with Gasteiger partial charge in [0.05, 0.1) is 18.3 Å². The Bertz CT molecular complexity index is 555. The van der Waals surface area contributed by atoms with Crippen LogP contribution in [-0.4, -0.2) is 44.7 Å².